The number of Topliss-reactive ketones (excluding diaryl/α,β-unsaturated/α-hetero) is 1. The van der Waals surface area contributed by atoms with Crippen molar-refractivity contribution in [3.63, 3.8) is 0 Å². The highest BCUT2D eigenvalue weighted by Gasteiger charge is 2.22. The van der Waals surface area contributed by atoms with E-state index in [1.54, 1.807) is 12.1 Å². The van der Waals surface area contributed by atoms with E-state index in [9.17, 15) is 9.59 Å². The van der Waals surface area contributed by atoms with Gasteiger partial charge in [-0.2, -0.15) is 0 Å². The first kappa shape index (κ1) is 16.2. The van der Waals surface area contributed by atoms with E-state index in [1.165, 1.54) is 6.07 Å². The van der Waals surface area contributed by atoms with Crippen LogP contribution in [-0.2, 0) is 0 Å². The van der Waals surface area contributed by atoms with Gasteiger partial charge in [0.1, 0.15) is 0 Å². The van der Waals surface area contributed by atoms with Gasteiger partial charge in [-0.05, 0) is 36.6 Å². The molecule has 0 saturated carbocycles. The van der Waals surface area contributed by atoms with Gasteiger partial charge in [0.05, 0.1) is 10.6 Å². The third-order valence-corrected chi connectivity index (χ3v) is 3.86. The lowest BCUT2D eigenvalue weighted by Gasteiger charge is -2.14. The summed E-state index contributed by atoms with van der Waals surface area (Å²) in [7, 11) is 0. The quantitative estimate of drug-likeness (QED) is 0.517. The molecule has 1 aromatic rings. The van der Waals surface area contributed by atoms with Crippen LogP contribution in [-0.4, -0.2) is 11.0 Å². The summed E-state index contributed by atoms with van der Waals surface area (Å²) in [6.45, 7) is 4.08. The van der Waals surface area contributed by atoms with Crippen LogP contribution in [0.3, 0.4) is 0 Å². The van der Waals surface area contributed by atoms with E-state index in [-0.39, 0.29) is 22.3 Å². The average molecular weight is 301 g/mol. The zero-order valence-corrected chi connectivity index (χ0v) is 12.7. The van der Waals surface area contributed by atoms with Gasteiger partial charge < -0.3 is 0 Å². The number of unbranched alkanes of at least 4 members (excludes halogenated alkanes) is 1. The highest BCUT2D eigenvalue weighted by atomic mass is 35.5. The summed E-state index contributed by atoms with van der Waals surface area (Å²) >= 11 is 11.6. The van der Waals surface area contributed by atoms with Crippen LogP contribution in [0.15, 0.2) is 18.2 Å². The van der Waals surface area contributed by atoms with E-state index in [0.29, 0.717) is 5.56 Å². The lowest BCUT2D eigenvalue weighted by Crippen LogP contribution is -2.15. The minimum atomic E-state index is -0.638. The maximum Gasteiger partial charge on any atom is 0.253 e. The molecule has 0 saturated heterocycles. The normalized spacial score (nSPS) is 12.2. The van der Waals surface area contributed by atoms with Crippen molar-refractivity contribution in [2.75, 3.05) is 0 Å². The second-order valence-electron chi connectivity index (χ2n) is 4.55. The molecule has 0 N–H and O–H groups in total. The second kappa shape index (κ2) is 7.66. The maximum atomic E-state index is 12.4. The summed E-state index contributed by atoms with van der Waals surface area (Å²) in [5.41, 5.74) is 0.593. The van der Waals surface area contributed by atoms with Gasteiger partial charge >= 0.3 is 0 Å². The van der Waals surface area contributed by atoms with Crippen molar-refractivity contribution in [1.29, 1.82) is 0 Å². The van der Waals surface area contributed by atoms with Crippen LogP contribution in [0.2, 0.25) is 5.02 Å². The number of benzene rings is 1. The lowest BCUT2D eigenvalue weighted by atomic mass is 9.90. The molecule has 0 aliphatic rings. The monoisotopic (exact) mass is 300 g/mol. The number of hydrogen-bond acceptors (Lipinski definition) is 2. The lowest BCUT2D eigenvalue weighted by molar-refractivity contribution is 0.0908. The highest BCUT2D eigenvalue weighted by molar-refractivity contribution is 6.68. The Hall–Kier alpha value is -0.860. The van der Waals surface area contributed by atoms with Crippen LogP contribution in [0.4, 0.5) is 0 Å². The molecule has 0 aromatic heterocycles. The topological polar surface area (TPSA) is 34.1 Å². The molecule has 1 atom stereocenters. The first-order valence-corrected chi connectivity index (χ1v) is 7.31. The zero-order valence-electron chi connectivity index (χ0n) is 11.2. The van der Waals surface area contributed by atoms with Gasteiger partial charge in [-0.3, -0.25) is 9.59 Å². The molecule has 1 aromatic carbocycles. The van der Waals surface area contributed by atoms with Crippen LogP contribution >= 0.6 is 23.2 Å². The number of ketones is 1. The van der Waals surface area contributed by atoms with Gasteiger partial charge in [-0.25, -0.2) is 0 Å². The SMILES string of the molecule is CCCCC(CC)C(=O)c1cccc(C(=O)Cl)c1Cl. The van der Waals surface area contributed by atoms with E-state index < -0.39 is 5.24 Å². The maximum absolute atomic E-state index is 12.4. The predicted molar refractivity (Wildman–Crippen MR) is 79.3 cm³/mol. The summed E-state index contributed by atoms with van der Waals surface area (Å²) in [6.07, 6.45) is 3.68. The van der Waals surface area contributed by atoms with E-state index in [0.717, 1.165) is 25.7 Å². The molecule has 0 aliphatic carbocycles. The molecule has 1 unspecified atom stereocenters. The molecule has 0 heterocycles. The van der Waals surface area contributed by atoms with E-state index >= 15 is 0 Å². The first-order valence-electron chi connectivity index (χ1n) is 6.55. The summed E-state index contributed by atoms with van der Waals surface area (Å²) < 4.78 is 0. The average Bonchev–Trinajstić information content (AvgIpc) is 2.39. The molecule has 0 amide bonds. The summed E-state index contributed by atoms with van der Waals surface area (Å²) in [5.74, 6) is -0.0427. The molecule has 0 fully saturated rings. The Labute approximate surface area is 124 Å². The Kier molecular flexibility index (Phi) is 6.53. The number of carbonyl (C=O) groups excluding carboxylic acids is 2. The number of carbonyl (C=O) groups is 2. The molecule has 0 spiro atoms. The molecule has 19 heavy (non-hydrogen) atoms. The first-order chi connectivity index (χ1) is 9.02. The van der Waals surface area contributed by atoms with Crippen molar-refractivity contribution in [3.05, 3.63) is 34.3 Å². The van der Waals surface area contributed by atoms with Gasteiger partial charge in [0, 0.05) is 11.5 Å². The van der Waals surface area contributed by atoms with Crippen LogP contribution in [0.5, 0.6) is 0 Å². The fraction of sp³-hybridized carbons (Fsp3) is 0.467. The van der Waals surface area contributed by atoms with Gasteiger partial charge in [-0.1, -0.05) is 44.4 Å². The van der Waals surface area contributed by atoms with Crippen LogP contribution < -0.4 is 0 Å². The third-order valence-electron chi connectivity index (χ3n) is 3.25. The van der Waals surface area contributed by atoms with Crippen molar-refractivity contribution < 1.29 is 9.59 Å². The van der Waals surface area contributed by atoms with E-state index in [4.69, 9.17) is 23.2 Å². The number of rotatable bonds is 7. The Morgan fingerprint density at radius 3 is 2.37 bits per heavy atom. The fourth-order valence-electron chi connectivity index (χ4n) is 2.07. The van der Waals surface area contributed by atoms with Gasteiger partial charge in [0.2, 0.25) is 0 Å². The summed E-state index contributed by atoms with van der Waals surface area (Å²) in [4.78, 5) is 23.7. The Morgan fingerprint density at radius 2 is 1.84 bits per heavy atom. The largest absolute Gasteiger partial charge is 0.294 e. The smallest absolute Gasteiger partial charge is 0.253 e. The van der Waals surface area contributed by atoms with E-state index in [2.05, 4.69) is 6.92 Å². The van der Waals surface area contributed by atoms with Crippen molar-refractivity contribution in [2.45, 2.75) is 39.5 Å². The molecular formula is C15H18Cl2O2. The molecule has 104 valence electrons. The summed E-state index contributed by atoms with van der Waals surface area (Å²) in [5, 5.41) is -0.469. The minimum absolute atomic E-state index is 0.000664. The van der Waals surface area contributed by atoms with Crippen LogP contribution in [0, 0.1) is 5.92 Å². The third kappa shape index (κ3) is 4.05. The van der Waals surface area contributed by atoms with Crippen molar-refractivity contribution in [1.82, 2.24) is 0 Å². The zero-order chi connectivity index (χ0) is 14.4. The molecule has 1 rings (SSSR count). The molecule has 4 heteroatoms. The molecule has 2 nitrogen and oxygen atoms in total. The molecule has 0 radical (unpaired) electrons. The standard InChI is InChI=1S/C15H18Cl2O2/c1-3-5-7-10(4-2)14(18)11-8-6-9-12(13(11)16)15(17)19/h6,8-10H,3-5,7H2,1-2H3. The minimum Gasteiger partial charge on any atom is -0.294 e. The number of halogens is 2. The fourth-order valence-corrected chi connectivity index (χ4v) is 2.58. The molecular weight excluding hydrogens is 283 g/mol. The van der Waals surface area contributed by atoms with Crippen molar-refractivity contribution in [2.24, 2.45) is 5.92 Å². The second-order valence-corrected chi connectivity index (χ2v) is 5.27. The van der Waals surface area contributed by atoms with Gasteiger partial charge in [0.15, 0.2) is 5.78 Å². The van der Waals surface area contributed by atoms with Crippen LogP contribution in [0.1, 0.15) is 60.2 Å². The Morgan fingerprint density at radius 1 is 1.21 bits per heavy atom. The molecule has 0 aliphatic heterocycles. The summed E-state index contributed by atoms with van der Waals surface area (Å²) in [6, 6.07) is 4.82. The van der Waals surface area contributed by atoms with Gasteiger partial charge in [-0.15, -0.1) is 0 Å². The van der Waals surface area contributed by atoms with Crippen molar-refractivity contribution in [3.8, 4) is 0 Å². The predicted octanol–water partition coefficient (Wildman–Crippen LogP) is 5.12. The highest BCUT2D eigenvalue weighted by Crippen LogP contribution is 2.27. The Bertz CT molecular complexity index is 469. The van der Waals surface area contributed by atoms with Gasteiger partial charge in [0.25, 0.3) is 5.24 Å². The van der Waals surface area contributed by atoms with E-state index in [1.807, 2.05) is 6.92 Å². The molecule has 0 bridgehead atoms. The Balaban J connectivity index is 3.04. The number of hydrogen-bond donors (Lipinski definition) is 0. The van der Waals surface area contributed by atoms with Crippen LogP contribution in [0.25, 0.3) is 0 Å². The van der Waals surface area contributed by atoms with Crippen molar-refractivity contribution >= 4 is 34.2 Å².